The summed E-state index contributed by atoms with van der Waals surface area (Å²) in [5, 5.41) is 2.92. The van der Waals surface area contributed by atoms with E-state index in [1.165, 1.54) is 0 Å². The van der Waals surface area contributed by atoms with Gasteiger partial charge < -0.3 is 20.7 Å². The minimum absolute atomic E-state index is 0. The van der Waals surface area contributed by atoms with Crippen LogP contribution in [0.2, 0.25) is 0 Å². The Hall–Kier alpha value is -2.57. The van der Waals surface area contributed by atoms with E-state index in [0.29, 0.717) is 31.0 Å². The lowest BCUT2D eigenvalue weighted by atomic mass is 10.1. The van der Waals surface area contributed by atoms with Gasteiger partial charge in [0, 0.05) is 24.7 Å². The van der Waals surface area contributed by atoms with E-state index in [9.17, 15) is 9.59 Å². The van der Waals surface area contributed by atoms with E-state index in [-0.39, 0.29) is 30.3 Å². The van der Waals surface area contributed by atoms with Crippen molar-refractivity contribution in [3.05, 3.63) is 65.2 Å². The van der Waals surface area contributed by atoms with Crippen molar-refractivity contribution >= 4 is 24.2 Å². The molecule has 3 rings (SSSR count). The third kappa shape index (κ3) is 5.97. The summed E-state index contributed by atoms with van der Waals surface area (Å²) in [4.78, 5) is 26.8. The molecule has 0 spiro atoms. The van der Waals surface area contributed by atoms with Crippen molar-refractivity contribution in [2.24, 2.45) is 11.7 Å². The molecular formula is C23H30ClN3O3. The molecule has 6 nitrogen and oxygen atoms in total. The number of likely N-dealkylation sites (tertiary alicyclic amines) is 1. The predicted molar refractivity (Wildman–Crippen MR) is 120 cm³/mol. The normalized spacial score (nSPS) is 17.9. The molecule has 0 bridgehead atoms. The molecule has 2 aromatic carbocycles. The molecule has 30 heavy (non-hydrogen) atoms. The maximum atomic E-state index is 12.8. The summed E-state index contributed by atoms with van der Waals surface area (Å²) in [5.74, 6) is 1.15. The Morgan fingerprint density at radius 3 is 2.30 bits per heavy atom. The van der Waals surface area contributed by atoms with Crippen LogP contribution >= 0.6 is 12.4 Å². The molecule has 3 N–H and O–H groups in total. The summed E-state index contributed by atoms with van der Waals surface area (Å²) in [6.07, 6.45) is 1.27. The summed E-state index contributed by atoms with van der Waals surface area (Å²) < 4.78 is 5.12. The first-order valence-electron chi connectivity index (χ1n) is 9.99. The van der Waals surface area contributed by atoms with Gasteiger partial charge in [-0.25, -0.2) is 0 Å². The van der Waals surface area contributed by atoms with Gasteiger partial charge in [0.15, 0.2) is 0 Å². The van der Waals surface area contributed by atoms with Crippen molar-refractivity contribution < 1.29 is 14.3 Å². The average Bonchev–Trinajstić information content (AvgIpc) is 3.13. The zero-order valence-electron chi connectivity index (χ0n) is 17.5. The van der Waals surface area contributed by atoms with E-state index >= 15 is 0 Å². The van der Waals surface area contributed by atoms with Gasteiger partial charge in [-0.3, -0.25) is 9.59 Å². The maximum Gasteiger partial charge on any atom is 0.254 e. The van der Waals surface area contributed by atoms with E-state index in [1.54, 1.807) is 7.11 Å². The Balaban J connectivity index is 0.00000320. The number of carbonyl (C=O) groups is 2. The van der Waals surface area contributed by atoms with Crippen molar-refractivity contribution in [2.45, 2.75) is 32.4 Å². The van der Waals surface area contributed by atoms with Crippen molar-refractivity contribution in [3.63, 3.8) is 0 Å². The van der Waals surface area contributed by atoms with Crippen LogP contribution in [0.5, 0.6) is 5.75 Å². The summed E-state index contributed by atoms with van der Waals surface area (Å²) in [7, 11) is 1.61. The summed E-state index contributed by atoms with van der Waals surface area (Å²) in [5.41, 5.74) is 8.32. The molecule has 1 fully saturated rings. The number of carbonyl (C=O) groups excluding carboxylic acids is 2. The number of nitrogens with two attached hydrogens (primary N) is 1. The number of nitrogens with zero attached hydrogens (tertiary/aromatic N) is 1. The Bertz CT molecular complexity index is 840. The van der Waals surface area contributed by atoms with Gasteiger partial charge in [-0.1, -0.05) is 24.3 Å². The van der Waals surface area contributed by atoms with Gasteiger partial charge >= 0.3 is 0 Å². The molecule has 0 aromatic heterocycles. The topological polar surface area (TPSA) is 84.7 Å². The lowest BCUT2D eigenvalue weighted by Gasteiger charge is -2.21. The molecule has 2 aromatic rings. The van der Waals surface area contributed by atoms with Crippen LogP contribution in [0.1, 0.15) is 34.8 Å². The third-order valence-electron chi connectivity index (χ3n) is 5.47. The van der Waals surface area contributed by atoms with E-state index in [0.717, 1.165) is 29.8 Å². The third-order valence-corrected chi connectivity index (χ3v) is 5.47. The zero-order valence-corrected chi connectivity index (χ0v) is 18.3. The van der Waals surface area contributed by atoms with E-state index < -0.39 is 0 Å². The molecule has 2 amide bonds. The van der Waals surface area contributed by atoms with Crippen LogP contribution in [-0.4, -0.2) is 43.0 Å². The Morgan fingerprint density at radius 2 is 1.73 bits per heavy atom. The number of rotatable bonds is 7. The number of ether oxygens (including phenoxy) is 1. The maximum absolute atomic E-state index is 12.8. The fraction of sp³-hybridized carbons (Fsp3) is 0.391. The van der Waals surface area contributed by atoms with Crippen LogP contribution in [0.3, 0.4) is 0 Å². The number of nitrogens with one attached hydrogen (secondary N) is 1. The lowest BCUT2D eigenvalue weighted by Crippen LogP contribution is -2.34. The Labute approximate surface area is 184 Å². The zero-order chi connectivity index (χ0) is 20.8. The van der Waals surface area contributed by atoms with Crippen LogP contribution in [0.15, 0.2) is 48.5 Å². The van der Waals surface area contributed by atoms with Crippen LogP contribution in [-0.2, 0) is 17.8 Å². The molecule has 2 atom stereocenters. The fourth-order valence-corrected chi connectivity index (χ4v) is 3.72. The van der Waals surface area contributed by atoms with Gasteiger partial charge in [-0.2, -0.15) is 0 Å². The first kappa shape index (κ1) is 23.7. The van der Waals surface area contributed by atoms with Crippen LogP contribution in [0.25, 0.3) is 0 Å². The van der Waals surface area contributed by atoms with Crippen LogP contribution in [0.4, 0.5) is 0 Å². The fourth-order valence-electron chi connectivity index (χ4n) is 3.72. The molecule has 0 radical (unpaired) electrons. The molecule has 1 aliphatic heterocycles. The highest BCUT2D eigenvalue weighted by Gasteiger charge is 2.31. The molecular weight excluding hydrogens is 402 g/mol. The highest BCUT2D eigenvalue weighted by molar-refractivity contribution is 5.94. The smallest absolute Gasteiger partial charge is 0.254 e. The molecule has 7 heteroatoms. The Kier molecular flexibility index (Phi) is 8.69. The number of benzene rings is 2. The van der Waals surface area contributed by atoms with Gasteiger partial charge in [0.25, 0.3) is 5.91 Å². The molecule has 162 valence electrons. The summed E-state index contributed by atoms with van der Waals surface area (Å²) in [6.45, 7) is 3.84. The molecule has 1 heterocycles. The number of methoxy groups -OCH3 is 1. The summed E-state index contributed by atoms with van der Waals surface area (Å²) >= 11 is 0. The number of hydrogen-bond acceptors (Lipinski definition) is 4. The minimum Gasteiger partial charge on any atom is -0.497 e. The van der Waals surface area contributed by atoms with E-state index in [2.05, 4.69) is 12.2 Å². The summed E-state index contributed by atoms with van der Waals surface area (Å²) in [6, 6.07) is 15.1. The lowest BCUT2D eigenvalue weighted by molar-refractivity contribution is -0.120. The van der Waals surface area contributed by atoms with Crippen molar-refractivity contribution in [2.75, 3.05) is 20.2 Å². The van der Waals surface area contributed by atoms with Crippen LogP contribution in [0, 0.1) is 5.92 Å². The molecule has 1 aliphatic rings. The standard InChI is InChI=1S/C23H29N3O3.ClH/c1-16-11-19(13-24)15-26(16)23(28)20-7-3-18(4-8-20)14-25-22(27)12-17-5-9-21(29-2)10-6-17;/h3-10,16,19H,11-15,24H2,1-2H3,(H,25,27);1H. The molecule has 1 saturated heterocycles. The Morgan fingerprint density at radius 1 is 1.10 bits per heavy atom. The van der Waals surface area contributed by atoms with Crippen molar-refractivity contribution in [3.8, 4) is 5.75 Å². The van der Waals surface area contributed by atoms with Gasteiger partial charge in [-0.15, -0.1) is 12.4 Å². The van der Waals surface area contributed by atoms with Gasteiger partial charge in [0.1, 0.15) is 5.75 Å². The predicted octanol–water partition coefficient (Wildman–Crippen LogP) is 2.79. The molecule has 0 aliphatic carbocycles. The number of halogens is 1. The second-order valence-electron chi connectivity index (χ2n) is 7.64. The molecule has 0 saturated carbocycles. The van der Waals surface area contributed by atoms with Gasteiger partial charge in [0.2, 0.25) is 5.91 Å². The average molecular weight is 432 g/mol. The van der Waals surface area contributed by atoms with Gasteiger partial charge in [-0.05, 0) is 61.2 Å². The largest absolute Gasteiger partial charge is 0.497 e. The van der Waals surface area contributed by atoms with Gasteiger partial charge in [0.05, 0.1) is 13.5 Å². The van der Waals surface area contributed by atoms with E-state index in [4.69, 9.17) is 10.5 Å². The highest BCUT2D eigenvalue weighted by atomic mass is 35.5. The molecule has 2 unspecified atom stereocenters. The quantitative estimate of drug-likeness (QED) is 0.706. The second kappa shape index (κ2) is 11.0. The first-order valence-corrected chi connectivity index (χ1v) is 9.99. The van der Waals surface area contributed by atoms with Crippen molar-refractivity contribution in [1.82, 2.24) is 10.2 Å². The minimum atomic E-state index is -0.0472. The monoisotopic (exact) mass is 431 g/mol. The second-order valence-corrected chi connectivity index (χ2v) is 7.64. The van der Waals surface area contributed by atoms with E-state index in [1.807, 2.05) is 53.4 Å². The number of hydrogen-bond donors (Lipinski definition) is 2. The van der Waals surface area contributed by atoms with Crippen LogP contribution < -0.4 is 15.8 Å². The highest BCUT2D eigenvalue weighted by Crippen LogP contribution is 2.24. The SMILES string of the molecule is COc1ccc(CC(=O)NCc2ccc(C(=O)N3CC(CN)CC3C)cc2)cc1.Cl. The first-order chi connectivity index (χ1) is 14.0. The number of amides is 2. The van der Waals surface area contributed by atoms with Crippen molar-refractivity contribution in [1.29, 1.82) is 0 Å².